The third-order valence-corrected chi connectivity index (χ3v) is 3.12. The molecule has 0 bridgehead atoms. The lowest BCUT2D eigenvalue weighted by molar-refractivity contribution is 0.623. The van der Waals surface area contributed by atoms with Crippen molar-refractivity contribution in [2.24, 2.45) is 0 Å². The van der Waals surface area contributed by atoms with E-state index in [1.54, 1.807) is 12.4 Å². The van der Waals surface area contributed by atoms with Crippen LogP contribution in [0.5, 0.6) is 0 Å². The number of nitrogens with zero attached hydrogens (tertiary/aromatic N) is 3. The summed E-state index contributed by atoms with van der Waals surface area (Å²) in [6.45, 7) is 4.57. The third kappa shape index (κ3) is 4.69. The minimum Gasteiger partial charge on any atom is -0.333 e. The number of nitriles is 1. The number of hydrogen-bond acceptors (Lipinski definition) is 3. The molecule has 0 radical (unpaired) electrons. The summed E-state index contributed by atoms with van der Waals surface area (Å²) in [6.07, 6.45) is 5.70. The van der Waals surface area contributed by atoms with E-state index in [9.17, 15) is 4.39 Å². The molecule has 1 aromatic carbocycles. The monoisotopic (exact) mass is 286 g/mol. The summed E-state index contributed by atoms with van der Waals surface area (Å²) in [4.78, 5) is 4.34. The average Bonchev–Trinajstić information content (AvgIpc) is 2.90. The molecule has 0 aliphatic rings. The first-order valence-corrected chi connectivity index (χ1v) is 7.12. The van der Waals surface area contributed by atoms with Gasteiger partial charge in [0.15, 0.2) is 0 Å². The summed E-state index contributed by atoms with van der Waals surface area (Å²) >= 11 is 0. The lowest BCUT2D eigenvalue weighted by atomic mass is 10.1. The van der Waals surface area contributed by atoms with Gasteiger partial charge in [-0.25, -0.2) is 9.37 Å². The topological polar surface area (TPSA) is 53.6 Å². The van der Waals surface area contributed by atoms with Crippen LogP contribution in [0.4, 0.5) is 4.39 Å². The quantitative estimate of drug-likeness (QED) is 0.796. The van der Waals surface area contributed by atoms with Crippen molar-refractivity contribution in [3.63, 3.8) is 0 Å². The van der Waals surface area contributed by atoms with Crippen molar-refractivity contribution in [1.29, 1.82) is 5.26 Å². The molecule has 1 aromatic heterocycles. The van der Waals surface area contributed by atoms with Gasteiger partial charge < -0.3 is 9.88 Å². The Labute approximate surface area is 124 Å². The molecule has 0 amide bonds. The highest BCUT2D eigenvalue weighted by Gasteiger charge is 2.03. The molecule has 21 heavy (non-hydrogen) atoms. The molecule has 2 rings (SSSR count). The SMILES string of the molecule is CCCNCCc1cn(Cc2cc(F)cc(C#N)c2)cn1. The first-order chi connectivity index (χ1) is 10.2. The summed E-state index contributed by atoms with van der Waals surface area (Å²) in [5.41, 5.74) is 2.12. The van der Waals surface area contributed by atoms with Crippen LogP contribution in [0.15, 0.2) is 30.7 Å². The highest BCUT2D eigenvalue weighted by molar-refractivity contribution is 5.33. The highest BCUT2D eigenvalue weighted by atomic mass is 19.1. The Morgan fingerprint density at radius 2 is 2.19 bits per heavy atom. The number of hydrogen-bond donors (Lipinski definition) is 1. The van der Waals surface area contributed by atoms with Crippen LogP contribution in [-0.2, 0) is 13.0 Å². The van der Waals surface area contributed by atoms with Crippen molar-refractivity contribution in [1.82, 2.24) is 14.9 Å². The van der Waals surface area contributed by atoms with Crippen LogP contribution in [0.2, 0.25) is 0 Å². The summed E-state index contributed by atoms with van der Waals surface area (Å²) in [5, 5.41) is 12.2. The first kappa shape index (κ1) is 15.2. The normalized spacial score (nSPS) is 10.5. The van der Waals surface area contributed by atoms with E-state index in [1.807, 2.05) is 16.8 Å². The molecule has 4 nitrogen and oxygen atoms in total. The molecule has 0 aliphatic heterocycles. The second kappa shape index (κ2) is 7.55. The number of halogens is 1. The van der Waals surface area contributed by atoms with Gasteiger partial charge in [0.1, 0.15) is 5.82 Å². The summed E-state index contributed by atoms with van der Waals surface area (Å²) in [5.74, 6) is -0.381. The molecular weight excluding hydrogens is 267 g/mol. The largest absolute Gasteiger partial charge is 0.333 e. The fourth-order valence-electron chi connectivity index (χ4n) is 2.16. The van der Waals surface area contributed by atoms with E-state index >= 15 is 0 Å². The van der Waals surface area contributed by atoms with Gasteiger partial charge in [-0.2, -0.15) is 5.26 Å². The molecule has 0 fully saturated rings. The zero-order valence-electron chi connectivity index (χ0n) is 12.1. The Kier molecular flexibility index (Phi) is 5.47. The Morgan fingerprint density at radius 1 is 1.33 bits per heavy atom. The zero-order valence-corrected chi connectivity index (χ0v) is 12.1. The zero-order chi connectivity index (χ0) is 15.1. The van der Waals surface area contributed by atoms with Gasteiger partial charge in [0.2, 0.25) is 0 Å². The van der Waals surface area contributed by atoms with E-state index in [0.717, 1.165) is 37.2 Å². The Morgan fingerprint density at radius 3 is 2.95 bits per heavy atom. The van der Waals surface area contributed by atoms with E-state index in [-0.39, 0.29) is 5.82 Å². The van der Waals surface area contributed by atoms with E-state index in [2.05, 4.69) is 17.2 Å². The number of benzene rings is 1. The van der Waals surface area contributed by atoms with Gasteiger partial charge in [-0.1, -0.05) is 6.92 Å². The summed E-state index contributed by atoms with van der Waals surface area (Å²) in [6, 6.07) is 6.35. The lowest BCUT2D eigenvalue weighted by Gasteiger charge is -2.03. The van der Waals surface area contributed by atoms with Crippen molar-refractivity contribution in [3.05, 3.63) is 53.4 Å². The molecule has 110 valence electrons. The van der Waals surface area contributed by atoms with Gasteiger partial charge in [-0.05, 0) is 36.7 Å². The van der Waals surface area contributed by atoms with Crippen molar-refractivity contribution >= 4 is 0 Å². The van der Waals surface area contributed by atoms with Crippen LogP contribution in [0.3, 0.4) is 0 Å². The maximum absolute atomic E-state index is 13.4. The molecule has 5 heteroatoms. The first-order valence-electron chi connectivity index (χ1n) is 7.12. The Bertz CT molecular complexity index is 627. The van der Waals surface area contributed by atoms with Crippen LogP contribution >= 0.6 is 0 Å². The number of rotatable bonds is 7. The predicted octanol–water partition coefficient (Wildman–Crippen LogP) is 2.48. The van der Waals surface area contributed by atoms with Crippen LogP contribution in [-0.4, -0.2) is 22.6 Å². The van der Waals surface area contributed by atoms with Crippen molar-refractivity contribution < 1.29 is 4.39 Å². The van der Waals surface area contributed by atoms with Crippen molar-refractivity contribution in [3.8, 4) is 6.07 Å². The average molecular weight is 286 g/mol. The fourth-order valence-corrected chi connectivity index (χ4v) is 2.16. The Hall–Kier alpha value is -2.19. The van der Waals surface area contributed by atoms with E-state index in [0.29, 0.717) is 12.1 Å². The summed E-state index contributed by atoms with van der Waals surface area (Å²) < 4.78 is 15.3. The maximum Gasteiger partial charge on any atom is 0.124 e. The number of nitrogens with one attached hydrogen (secondary N) is 1. The van der Waals surface area contributed by atoms with Crippen molar-refractivity contribution in [2.75, 3.05) is 13.1 Å². The molecule has 0 saturated carbocycles. The van der Waals surface area contributed by atoms with Crippen LogP contribution in [0.25, 0.3) is 0 Å². The van der Waals surface area contributed by atoms with Crippen molar-refractivity contribution in [2.45, 2.75) is 26.3 Å². The van der Waals surface area contributed by atoms with E-state index in [1.165, 1.54) is 12.1 Å². The molecule has 1 N–H and O–H groups in total. The molecule has 0 saturated heterocycles. The smallest absolute Gasteiger partial charge is 0.124 e. The van der Waals surface area contributed by atoms with Gasteiger partial charge >= 0.3 is 0 Å². The molecule has 1 heterocycles. The summed E-state index contributed by atoms with van der Waals surface area (Å²) in [7, 11) is 0. The second-order valence-corrected chi connectivity index (χ2v) is 5.00. The number of imidazole rings is 1. The second-order valence-electron chi connectivity index (χ2n) is 5.00. The molecule has 0 spiro atoms. The van der Waals surface area contributed by atoms with Gasteiger partial charge in [0.25, 0.3) is 0 Å². The molecule has 0 unspecified atom stereocenters. The standard InChI is InChI=1S/C16H19FN4/c1-2-4-19-5-3-16-11-21(12-20-16)10-14-6-13(9-18)7-15(17)8-14/h6-8,11-12,19H,2-5,10H2,1H3. The maximum atomic E-state index is 13.4. The predicted molar refractivity (Wildman–Crippen MR) is 79.3 cm³/mol. The van der Waals surface area contributed by atoms with E-state index < -0.39 is 0 Å². The van der Waals surface area contributed by atoms with Gasteiger partial charge in [0.05, 0.1) is 23.7 Å². The third-order valence-electron chi connectivity index (χ3n) is 3.12. The lowest BCUT2D eigenvalue weighted by Crippen LogP contribution is -2.17. The Balaban J connectivity index is 1.96. The van der Waals surface area contributed by atoms with Gasteiger partial charge in [-0.15, -0.1) is 0 Å². The fraction of sp³-hybridized carbons (Fsp3) is 0.375. The minimum absolute atomic E-state index is 0.342. The van der Waals surface area contributed by atoms with Gasteiger partial charge in [-0.3, -0.25) is 0 Å². The van der Waals surface area contributed by atoms with Gasteiger partial charge in [0, 0.05) is 25.7 Å². The highest BCUT2D eigenvalue weighted by Crippen LogP contribution is 2.10. The van der Waals surface area contributed by atoms with E-state index in [4.69, 9.17) is 5.26 Å². The van der Waals surface area contributed by atoms with Crippen LogP contribution < -0.4 is 5.32 Å². The molecule has 2 aromatic rings. The molecular formula is C16H19FN4. The number of aromatic nitrogens is 2. The van der Waals surface area contributed by atoms with Crippen LogP contribution in [0.1, 0.15) is 30.2 Å². The van der Waals surface area contributed by atoms with Crippen LogP contribution in [0, 0.1) is 17.1 Å². The minimum atomic E-state index is -0.381. The molecule has 0 aliphatic carbocycles. The molecule has 0 atom stereocenters.